The molecule has 1 aliphatic heterocycles. The third-order valence-electron chi connectivity index (χ3n) is 5.21. The molecular formula is C22H26Cl2N2O3S2. The van der Waals surface area contributed by atoms with Gasteiger partial charge in [-0.15, -0.1) is 0 Å². The van der Waals surface area contributed by atoms with Gasteiger partial charge in [0.1, 0.15) is 0 Å². The molecule has 0 aliphatic carbocycles. The summed E-state index contributed by atoms with van der Waals surface area (Å²) in [6.07, 6.45) is 2.80. The van der Waals surface area contributed by atoms with Crippen LogP contribution in [0.5, 0.6) is 0 Å². The van der Waals surface area contributed by atoms with Crippen LogP contribution in [0, 0.1) is 6.92 Å². The number of amides is 1. The summed E-state index contributed by atoms with van der Waals surface area (Å²) in [5.41, 5.74) is 2.13. The number of nitrogens with one attached hydrogen (secondary N) is 1. The van der Waals surface area contributed by atoms with Gasteiger partial charge in [-0.3, -0.25) is 4.79 Å². The van der Waals surface area contributed by atoms with Crippen LogP contribution in [0.3, 0.4) is 0 Å². The van der Waals surface area contributed by atoms with Gasteiger partial charge in [0.25, 0.3) is 5.91 Å². The Kier molecular flexibility index (Phi) is 8.70. The molecule has 1 amide bonds. The van der Waals surface area contributed by atoms with E-state index in [1.54, 1.807) is 36.0 Å². The molecule has 2 aromatic carbocycles. The number of halogens is 2. The zero-order valence-electron chi connectivity index (χ0n) is 17.4. The molecule has 0 saturated carbocycles. The number of carbonyl (C=O) groups excluding carboxylic acids is 1. The van der Waals surface area contributed by atoms with E-state index in [2.05, 4.69) is 5.32 Å². The van der Waals surface area contributed by atoms with E-state index in [0.717, 1.165) is 30.4 Å². The van der Waals surface area contributed by atoms with Crippen molar-refractivity contribution in [3.05, 3.63) is 63.1 Å². The van der Waals surface area contributed by atoms with Gasteiger partial charge < -0.3 is 5.32 Å². The Labute approximate surface area is 198 Å². The van der Waals surface area contributed by atoms with Crippen molar-refractivity contribution >= 4 is 50.9 Å². The van der Waals surface area contributed by atoms with Gasteiger partial charge in [0.2, 0.25) is 10.0 Å². The van der Waals surface area contributed by atoms with Gasteiger partial charge in [-0.2, -0.15) is 16.1 Å². The number of piperidine rings is 1. The lowest BCUT2D eigenvalue weighted by atomic mass is 10.1. The highest BCUT2D eigenvalue weighted by molar-refractivity contribution is 7.98. The Morgan fingerprint density at radius 1 is 1.10 bits per heavy atom. The Balaban J connectivity index is 1.56. The van der Waals surface area contributed by atoms with Crippen LogP contribution in [-0.4, -0.2) is 44.0 Å². The first-order valence-electron chi connectivity index (χ1n) is 10.2. The third kappa shape index (κ3) is 6.39. The maximum atomic E-state index is 12.9. The van der Waals surface area contributed by atoms with E-state index < -0.39 is 10.0 Å². The maximum absolute atomic E-state index is 12.9. The summed E-state index contributed by atoms with van der Waals surface area (Å²) >= 11 is 13.7. The average molecular weight is 502 g/mol. The number of carbonyl (C=O) groups is 1. The molecule has 2 aromatic rings. The highest BCUT2D eigenvalue weighted by Crippen LogP contribution is 2.25. The van der Waals surface area contributed by atoms with E-state index in [9.17, 15) is 13.2 Å². The van der Waals surface area contributed by atoms with E-state index in [4.69, 9.17) is 23.2 Å². The zero-order chi connectivity index (χ0) is 22.4. The lowest BCUT2D eigenvalue weighted by molar-refractivity contribution is 0.0955. The summed E-state index contributed by atoms with van der Waals surface area (Å²) < 4.78 is 27.4. The first-order chi connectivity index (χ1) is 14.8. The van der Waals surface area contributed by atoms with Crippen LogP contribution in [0.4, 0.5) is 0 Å². The zero-order valence-corrected chi connectivity index (χ0v) is 20.5. The monoisotopic (exact) mass is 500 g/mol. The maximum Gasteiger partial charge on any atom is 0.251 e. The molecule has 168 valence electrons. The highest BCUT2D eigenvalue weighted by Gasteiger charge is 2.27. The summed E-state index contributed by atoms with van der Waals surface area (Å²) in [5.74, 6) is 1.16. The van der Waals surface area contributed by atoms with E-state index >= 15 is 0 Å². The lowest BCUT2D eigenvalue weighted by Crippen LogP contribution is -2.35. The highest BCUT2D eigenvalue weighted by atomic mass is 35.5. The second kappa shape index (κ2) is 11.1. The molecule has 1 saturated heterocycles. The molecule has 1 aliphatic rings. The fourth-order valence-corrected chi connectivity index (χ4v) is 6.37. The number of rotatable bonds is 8. The van der Waals surface area contributed by atoms with Crippen molar-refractivity contribution in [3.8, 4) is 0 Å². The molecule has 31 heavy (non-hydrogen) atoms. The Morgan fingerprint density at radius 2 is 1.84 bits per heavy atom. The average Bonchev–Trinajstić information content (AvgIpc) is 2.75. The minimum Gasteiger partial charge on any atom is -0.351 e. The van der Waals surface area contributed by atoms with Crippen LogP contribution in [-0.2, 0) is 15.8 Å². The lowest BCUT2D eigenvalue weighted by Gasteiger charge is -2.26. The molecule has 1 fully saturated rings. The van der Waals surface area contributed by atoms with Gasteiger partial charge >= 0.3 is 0 Å². The first kappa shape index (κ1) is 24.4. The first-order valence-corrected chi connectivity index (χ1v) is 13.5. The van der Waals surface area contributed by atoms with Crippen molar-refractivity contribution in [3.63, 3.8) is 0 Å². The van der Waals surface area contributed by atoms with Crippen molar-refractivity contribution in [2.45, 2.75) is 36.8 Å². The van der Waals surface area contributed by atoms with Gasteiger partial charge in [0, 0.05) is 46.7 Å². The van der Waals surface area contributed by atoms with Crippen molar-refractivity contribution in [2.75, 3.05) is 25.4 Å². The molecule has 3 rings (SSSR count). The molecule has 0 atom stereocenters. The quantitative estimate of drug-likeness (QED) is 0.509. The van der Waals surface area contributed by atoms with Gasteiger partial charge in [0.05, 0.1) is 4.90 Å². The fraction of sp³-hybridized carbons (Fsp3) is 0.409. The van der Waals surface area contributed by atoms with Gasteiger partial charge in [-0.25, -0.2) is 8.42 Å². The molecule has 0 aromatic heterocycles. The number of thioether (sulfide) groups is 1. The van der Waals surface area contributed by atoms with Crippen molar-refractivity contribution < 1.29 is 13.2 Å². The molecule has 0 radical (unpaired) electrons. The molecular weight excluding hydrogens is 475 g/mol. The van der Waals surface area contributed by atoms with Gasteiger partial charge in [0.15, 0.2) is 0 Å². The van der Waals surface area contributed by atoms with Gasteiger partial charge in [-0.1, -0.05) is 41.8 Å². The predicted molar refractivity (Wildman–Crippen MR) is 129 cm³/mol. The van der Waals surface area contributed by atoms with Crippen LogP contribution in [0.1, 0.15) is 40.7 Å². The smallest absolute Gasteiger partial charge is 0.251 e. The summed E-state index contributed by atoms with van der Waals surface area (Å²) in [4.78, 5) is 12.9. The Bertz CT molecular complexity index is 1040. The Morgan fingerprint density at radius 3 is 2.55 bits per heavy atom. The number of hydrogen-bond donors (Lipinski definition) is 1. The minimum absolute atomic E-state index is 0.178. The molecule has 1 N–H and O–H groups in total. The molecule has 0 bridgehead atoms. The Hall–Kier alpha value is -1.25. The summed E-state index contributed by atoms with van der Waals surface area (Å²) in [7, 11) is -3.57. The van der Waals surface area contributed by atoms with Crippen molar-refractivity contribution in [1.29, 1.82) is 0 Å². The topological polar surface area (TPSA) is 66.5 Å². The van der Waals surface area contributed by atoms with Gasteiger partial charge in [-0.05, 0) is 55.2 Å². The van der Waals surface area contributed by atoms with Crippen LogP contribution < -0.4 is 5.32 Å². The van der Waals surface area contributed by atoms with E-state index in [0.29, 0.717) is 46.7 Å². The largest absolute Gasteiger partial charge is 0.351 e. The number of aryl methyl sites for hydroxylation is 1. The summed E-state index contributed by atoms with van der Waals surface area (Å²) in [6.45, 7) is 3.35. The SMILES string of the molecule is Cc1ccc(S(=O)(=O)N2CCCCC2)cc1C(=O)NCCSCc1ccc(Cl)cc1Cl. The standard InChI is InChI=1S/C22H26Cl2N2O3S2/c1-16-5-8-19(31(28,29)26-10-3-2-4-11-26)14-20(16)22(27)25-9-12-30-15-17-6-7-18(23)13-21(17)24/h5-8,13-14H,2-4,9-12,15H2,1H3,(H,25,27). The number of sulfonamides is 1. The summed E-state index contributed by atoms with van der Waals surface area (Å²) in [5, 5.41) is 4.12. The third-order valence-corrected chi connectivity index (χ3v) is 8.70. The molecule has 1 heterocycles. The van der Waals surface area contributed by atoms with Crippen LogP contribution in [0.2, 0.25) is 10.0 Å². The van der Waals surface area contributed by atoms with Crippen LogP contribution in [0.25, 0.3) is 0 Å². The molecule has 0 spiro atoms. The second-order valence-corrected chi connectivity index (χ2v) is 11.4. The molecule has 0 unspecified atom stereocenters. The summed E-state index contributed by atoms with van der Waals surface area (Å²) in [6, 6.07) is 10.2. The van der Waals surface area contributed by atoms with Crippen molar-refractivity contribution in [1.82, 2.24) is 9.62 Å². The number of benzene rings is 2. The van der Waals surface area contributed by atoms with E-state index in [1.807, 2.05) is 13.0 Å². The van der Waals surface area contributed by atoms with E-state index in [1.165, 1.54) is 10.4 Å². The van der Waals surface area contributed by atoms with Crippen LogP contribution in [0.15, 0.2) is 41.3 Å². The number of nitrogens with zero attached hydrogens (tertiary/aromatic N) is 1. The van der Waals surface area contributed by atoms with E-state index in [-0.39, 0.29) is 10.8 Å². The van der Waals surface area contributed by atoms with Crippen LogP contribution >= 0.6 is 35.0 Å². The second-order valence-electron chi connectivity index (χ2n) is 7.49. The normalized spacial score (nSPS) is 15.1. The minimum atomic E-state index is -3.57. The molecule has 9 heteroatoms. The molecule has 5 nitrogen and oxygen atoms in total. The van der Waals surface area contributed by atoms with Crippen molar-refractivity contribution in [2.24, 2.45) is 0 Å². The number of hydrogen-bond acceptors (Lipinski definition) is 4. The fourth-order valence-electron chi connectivity index (χ4n) is 3.41. The predicted octanol–water partition coefficient (Wildman–Crippen LogP) is 5.14.